The normalized spacial score (nSPS) is 11.6. The minimum absolute atomic E-state index is 0.277. The molecule has 0 heterocycles. The van der Waals surface area contributed by atoms with Crippen LogP contribution in [0.25, 0.3) is 0 Å². The first-order chi connectivity index (χ1) is 8.86. The van der Waals surface area contributed by atoms with Gasteiger partial charge in [-0.05, 0) is 48.7 Å². The highest BCUT2D eigenvalue weighted by Gasteiger charge is 2.16. The van der Waals surface area contributed by atoms with Crippen LogP contribution in [0.3, 0.4) is 0 Å². The Morgan fingerprint density at radius 3 is 2.16 bits per heavy atom. The third-order valence-electron chi connectivity index (χ3n) is 3.10. The standard InChI is InChI=1S/C16H17F2N/c1-16(2,19)13-6-5-12(15(18)10-13)9-11-3-7-14(17)8-4-11/h3-8,10H,9,19H2,1-2H3. The monoisotopic (exact) mass is 261 g/mol. The average Bonchev–Trinajstić information content (AvgIpc) is 2.33. The van der Waals surface area contributed by atoms with Gasteiger partial charge in [0.1, 0.15) is 11.6 Å². The third kappa shape index (κ3) is 3.38. The van der Waals surface area contributed by atoms with Gasteiger partial charge in [-0.1, -0.05) is 24.3 Å². The lowest BCUT2D eigenvalue weighted by Gasteiger charge is -2.19. The lowest BCUT2D eigenvalue weighted by atomic mass is 9.93. The summed E-state index contributed by atoms with van der Waals surface area (Å²) in [5.41, 5.74) is 7.59. The first-order valence-electron chi connectivity index (χ1n) is 6.18. The van der Waals surface area contributed by atoms with Gasteiger partial charge in [0.15, 0.2) is 0 Å². The van der Waals surface area contributed by atoms with E-state index in [1.54, 1.807) is 18.2 Å². The number of hydrogen-bond donors (Lipinski definition) is 1. The summed E-state index contributed by atoms with van der Waals surface area (Å²) in [7, 11) is 0. The summed E-state index contributed by atoms with van der Waals surface area (Å²) < 4.78 is 26.8. The molecule has 0 aliphatic heterocycles. The van der Waals surface area contributed by atoms with Crippen LogP contribution in [-0.4, -0.2) is 0 Å². The Balaban J connectivity index is 2.24. The van der Waals surface area contributed by atoms with Crippen molar-refractivity contribution >= 4 is 0 Å². The first-order valence-corrected chi connectivity index (χ1v) is 6.18. The fourth-order valence-corrected chi connectivity index (χ4v) is 1.91. The van der Waals surface area contributed by atoms with E-state index in [0.29, 0.717) is 12.0 Å². The second-order valence-corrected chi connectivity index (χ2v) is 5.33. The molecule has 0 fully saturated rings. The molecule has 0 saturated carbocycles. The van der Waals surface area contributed by atoms with E-state index in [1.807, 2.05) is 19.9 Å². The Hall–Kier alpha value is -1.74. The minimum Gasteiger partial charge on any atom is -0.322 e. The van der Waals surface area contributed by atoms with Crippen molar-refractivity contribution in [1.82, 2.24) is 0 Å². The van der Waals surface area contributed by atoms with Gasteiger partial charge in [0.25, 0.3) is 0 Å². The van der Waals surface area contributed by atoms with Gasteiger partial charge in [0.05, 0.1) is 0 Å². The summed E-state index contributed by atoms with van der Waals surface area (Å²) in [6.07, 6.45) is 0.442. The van der Waals surface area contributed by atoms with Crippen LogP contribution >= 0.6 is 0 Å². The Kier molecular flexibility index (Phi) is 3.67. The van der Waals surface area contributed by atoms with Gasteiger partial charge in [-0.25, -0.2) is 8.78 Å². The van der Waals surface area contributed by atoms with Crippen molar-refractivity contribution < 1.29 is 8.78 Å². The summed E-state index contributed by atoms with van der Waals surface area (Å²) in [6, 6.07) is 11.1. The molecule has 100 valence electrons. The molecule has 3 heteroatoms. The molecule has 19 heavy (non-hydrogen) atoms. The van der Waals surface area contributed by atoms with Gasteiger partial charge in [-0.15, -0.1) is 0 Å². The van der Waals surface area contributed by atoms with Gasteiger partial charge >= 0.3 is 0 Å². The van der Waals surface area contributed by atoms with Crippen LogP contribution in [0.1, 0.15) is 30.5 Å². The molecule has 2 N–H and O–H groups in total. The maximum Gasteiger partial charge on any atom is 0.127 e. The second-order valence-electron chi connectivity index (χ2n) is 5.33. The van der Waals surface area contributed by atoms with E-state index in [1.165, 1.54) is 18.2 Å². The predicted molar refractivity (Wildman–Crippen MR) is 72.8 cm³/mol. The Morgan fingerprint density at radius 2 is 1.63 bits per heavy atom. The van der Waals surface area contributed by atoms with E-state index < -0.39 is 5.54 Å². The van der Waals surface area contributed by atoms with Crippen molar-refractivity contribution in [3.05, 3.63) is 70.8 Å². The first kappa shape index (κ1) is 13.7. The predicted octanol–water partition coefficient (Wildman–Crippen LogP) is 3.75. The molecule has 0 bridgehead atoms. The number of benzene rings is 2. The molecule has 0 saturated heterocycles. The van der Waals surface area contributed by atoms with Crippen molar-refractivity contribution in [1.29, 1.82) is 0 Å². The van der Waals surface area contributed by atoms with E-state index in [4.69, 9.17) is 5.73 Å². The molecule has 0 amide bonds. The minimum atomic E-state index is -0.560. The zero-order valence-corrected chi connectivity index (χ0v) is 11.1. The van der Waals surface area contributed by atoms with Crippen molar-refractivity contribution in [2.24, 2.45) is 5.73 Å². The Bertz CT molecular complexity index is 568. The van der Waals surface area contributed by atoms with Crippen LogP contribution in [-0.2, 0) is 12.0 Å². The molecule has 0 radical (unpaired) electrons. The van der Waals surface area contributed by atoms with Crippen molar-refractivity contribution in [2.75, 3.05) is 0 Å². The largest absolute Gasteiger partial charge is 0.322 e. The lowest BCUT2D eigenvalue weighted by molar-refractivity contribution is 0.541. The molecule has 0 unspecified atom stereocenters. The average molecular weight is 261 g/mol. The molecular weight excluding hydrogens is 244 g/mol. The fourth-order valence-electron chi connectivity index (χ4n) is 1.91. The fraction of sp³-hybridized carbons (Fsp3) is 0.250. The maximum atomic E-state index is 14.0. The summed E-state index contributed by atoms with van der Waals surface area (Å²) >= 11 is 0. The number of hydrogen-bond acceptors (Lipinski definition) is 1. The lowest BCUT2D eigenvalue weighted by Crippen LogP contribution is -2.28. The van der Waals surface area contributed by atoms with E-state index in [9.17, 15) is 8.78 Å². The molecule has 0 atom stereocenters. The van der Waals surface area contributed by atoms with Crippen molar-refractivity contribution in [3.63, 3.8) is 0 Å². The number of nitrogens with two attached hydrogens (primary N) is 1. The molecule has 2 aromatic carbocycles. The van der Waals surface area contributed by atoms with E-state index in [0.717, 1.165) is 11.1 Å². The van der Waals surface area contributed by atoms with E-state index in [2.05, 4.69) is 0 Å². The van der Waals surface area contributed by atoms with Gasteiger partial charge in [0.2, 0.25) is 0 Å². The third-order valence-corrected chi connectivity index (χ3v) is 3.10. The number of rotatable bonds is 3. The highest BCUT2D eigenvalue weighted by atomic mass is 19.1. The van der Waals surface area contributed by atoms with Crippen LogP contribution in [0.15, 0.2) is 42.5 Å². The molecule has 0 aromatic heterocycles. The molecule has 0 aliphatic carbocycles. The van der Waals surface area contributed by atoms with Crippen LogP contribution in [0.4, 0.5) is 8.78 Å². The molecule has 0 spiro atoms. The quantitative estimate of drug-likeness (QED) is 0.894. The Morgan fingerprint density at radius 1 is 1.00 bits per heavy atom. The van der Waals surface area contributed by atoms with Crippen LogP contribution in [0.2, 0.25) is 0 Å². The number of halogens is 2. The summed E-state index contributed by atoms with van der Waals surface area (Å²) in [6.45, 7) is 3.67. The zero-order valence-electron chi connectivity index (χ0n) is 11.1. The van der Waals surface area contributed by atoms with Crippen LogP contribution in [0, 0.1) is 11.6 Å². The smallest absolute Gasteiger partial charge is 0.127 e. The second kappa shape index (κ2) is 5.10. The maximum absolute atomic E-state index is 14.0. The highest BCUT2D eigenvalue weighted by Crippen LogP contribution is 2.21. The molecule has 2 aromatic rings. The molecule has 1 nitrogen and oxygen atoms in total. The van der Waals surface area contributed by atoms with Crippen LogP contribution < -0.4 is 5.73 Å². The van der Waals surface area contributed by atoms with Gasteiger partial charge in [-0.3, -0.25) is 0 Å². The highest BCUT2D eigenvalue weighted by molar-refractivity contribution is 5.32. The molecular formula is C16H17F2N. The van der Waals surface area contributed by atoms with Gasteiger partial charge in [0, 0.05) is 12.0 Å². The molecule has 2 rings (SSSR count). The zero-order chi connectivity index (χ0) is 14.0. The van der Waals surface area contributed by atoms with Crippen LogP contribution in [0.5, 0.6) is 0 Å². The summed E-state index contributed by atoms with van der Waals surface area (Å²) in [5.74, 6) is -0.565. The van der Waals surface area contributed by atoms with Gasteiger partial charge in [-0.2, -0.15) is 0 Å². The van der Waals surface area contributed by atoms with E-state index >= 15 is 0 Å². The Labute approximate surface area is 112 Å². The summed E-state index contributed by atoms with van der Waals surface area (Å²) in [5, 5.41) is 0. The SMILES string of the molecule is CC(C)(N)c1ccc(Cc2ccc(F)cc2)c(F)c1. The summed E-state index contributed by atoms with van der Waals surface area (Å²) in [4.78, 5) is 0. The van der Waals surface area contributed by atoms with Crippen molar-refractivity contribution in [2.45, 2.75) is 25.8 Å². The van der Waals surface area contributed by atoms with Gasteiger partial charge < -0.3 is 5.73 Å². The van der Waals surface area contributed by atoms with E-state index in [-0.39, 0.29) is 11.6 Å². The van der Waals surface area contributed by atoms with Crippen molar-refractivity contribution in [3.8, 4) is 0 Å². The molecule has 0 aliphatic rings. The topological polar surface area (TPSA) is 26.0 Å².